The fourth-order valence-electron chi connectivity index (χ4n) is 2.98. The Kier molecular flexibility index (Phi) is 4.40. The van der Waals surface area contributed by atoms with Gasteiger partial charge in [-0.25, -0.2) is 9.98 Å². The number of thiazole rings is 1. The lowest BCUT2D eigenvalue weighted by Gasteiger charge is -2.35. The second-order valence-corrected chi connectivity index (χ2v) is 6.44. The number of nitrogens with two attached hydrogens (primary N) is 1. The molecule has 0 aromatic carbocycles. The van der Waals surface area contributed by atoms with E-state index < -0.39 is 0 Å². The van der Waals surface area contributed by atoms with Gasteiger partial charge in [-0.1, -0.05) is 19.3 Å². The first-order chi connectivity index (χ1) is 9.83. The molecular formula is C14H23N5S. The fraction of sp³-hybridized carbons (Fsp3) is 0.714. The van der Waals surface area contributed by atoms with Crippen molar-refractivity contribution < 1.29 is 0 Å². The molecule has 5 nitrogen and oxygen atoms in total. The molecule has 0 amide bonds. The van der Waals surface area contributed by atoms with E-state index in [1.165, 1.54) is 32.1 Å². The van der Waals surface area contributed by atoms with Gasteiger partial charge in [-0.2, -0.15) is 0 Å². The molecule has 1 saturated heterocycles. The van der Waals surface area contributed by atoms with Crippen LogP contribution in [0, 0.1) is 0 Å². The summed E-state index contributed by atoms with van der Waals surface area (Å²) in [5.41, 5.74) is 6.19. The van der Waals surface area contributed by atoms with Crippen LogP contribution in [0.4, 0.5) is 5.13 Å². The fourth-order valence-corrected chi connectivity index (χ4v) is 3.67. The molecule has 2 heterocycles. The van der Waals surface area contributed by atoms with Crippen molar-refractivity contribution >= 4 is 22.4 Å². The van der Waals surface area contributed by atoms with Gasteiger partial charge in [-0.3, -0.25) is 0 Å². The standard InChI is InChI=1S/C14H23N5S/c15-13(17-12-4-2-1-3-5-12)18-7-9-19(10-8-18)14-16-6-11-20-14/h6,11-12H,1-5,7-10H2,(H2,15,17). The number of aromatic nitrogens is 1. The maximum Gasteiger partial charge on any atom is 0.191 e. The third-order valence-electron chi connectivity index (χ3n) is 4.18. The van der Waals surface area contributed by atoms with E-state index in [9.17, 15) is 0 Å². The van der Waals surface area contributed by atoms with Crippen LogP contribution < -0.4 is 10.6 Å². The molecule has 1 aromatic rings. The Morgan fingerprint density at radius 2 is 1.95 bits per heavy atom. The van der Waals surface area contributed by atoms with Crippen molar-refractivity contribution in [2.24, 2.45) is 10.7 Å². The van der Waals surface area contributed by atoms with Crippen LogP contribution in [0.2, 0.25) is 0 Å². The van der Waals surface area contributed by atoms with E-state index in [-0.39, 0.29) is 0 Å². The molecule has 6 heteroatoms. The molecular weight excluding hydrogens is 270 g/mol. The van der Waals surface area contributed by atoms with E-state index in [2.05, 4.69) is 14.8 Å². The lowest BCUT2D eigenvalue weighted by Crippen LogP contribution is -2.51. The minimum atomic E-state index is 0.459. The first kappa shape index (κ1) is 13.7. The first-order valence-electron chi connectivity index (χ1n) is 7.55. The van der Waals surface area contributed by atoms with Crippen molar-refractivity contribution in [1.82, 2.24) is 9.88 Å². The van der Waals surface area contributed by atoms with Gasteiger partial charge in [0.05, 0.1) is 6.04 Å². The van der Waals surface area contributed by atoms with Crippen molar-refractivity contribution in [3.8, 4) is 0 Å². The molecule has 20 heavy (non-hydrogen) atoms. The summed E-state index contributed by atoms with van der Waals surface area (Å²) in [6.07, 6.45) is 8.25. The molecule has 2 N–H and O–H groups in total. The molecule has 0 spiro atoms. The van der Waals surface area contributed by atoms with Crippen molar-refractivity contribution in [3.63, 3.8) is 0 Å². The summed E-state index contributed by atoms with van der Waals surface area (Å²) in [7, 11) is 0. The van der Waals surface area contributed by atoms with E-state index >= 15 is 0 Å². The van der Waals surface area contributed by atoms with Crippen LogP contribution in [0.25, 0.3) is 0 Å². The molecule has 1 aliphatic heterocycles. The van der Waals surface area contributed by atoms with E-state index in [0.717, 1.165) is 37.3 Å². The van der Waals surface area contributed by atoms with Gasteiger partial charge < -0.3 is 15.5 Å². The predicted molar refractivity (Wildman–Crippen MR) is 84.4 cm³/mol. The van der Waals surface area contributed by atoms with E-state index in [4.69, 9.17) is 10.7 Å². The Balaban J connectivity index is 1.53. The Morgan fingerprint density at radius 3 is 2.60 bits per heavy atom. The van der Waals surface area contributed by atoms with Crippen LogP contribution in [0.15, 0.2) is 16.6 Å². The Bertz CT molecular complexity index is 430. The average Bonchev–Trinajstić information content (AvgIpc) is 3.03. The summed E-state index contributed by atoms with van der Waals surface area (Å²) in [6.45, 7) is 3.85. The van der Waals surface area contributed by atoms with Crippen LogP contribution in [0.3, 0.4) is 0 Å². The quantitative estimate of drug-likeness (QED) is 0.668. The van der Waals surface area contributed by atoms with Gasteiger partial charge in [0.25, 0.3) is 0 Å². The number of hydrogen-bond donors (Lipinski definition) is 1. The van der Waals surface area contributed by atoms with Gasteiger partial charge in [0, 0.05) is 37.8 Å². The average molecular weight is 293 g/mol. The lowest BCUT2D eigenvalue weighted by molar-refractivity contribution is 0.372. The smallest absolute Gasteiger partial charge is 0.191 e. The molecule has 1 saturated carbocycles. The summed E-state index contributed by atoms with van der Waals surface area (Å²) >= 11 is 1.70. The molecule has 3 rings (SSSR count). The van der Waals surface area contributed by atoms with Crippen LogP contribution in [-0.2, 0) is 0 Å². The molecule has 2 aliphatic rings. The van der Waals surface area contributed by atoms with Gasteiger partial charge in [0.1, 0.15) is 0 Å². The van der Waals surface area contributed by atoms with Gasteiger partial charge >= 0.3 is 0 Å². The number of guanidine groups is 1. The SMILES string of the molecule is NC(=NC1CCCCC1)N1CCN(c2nccs2)CC1. The normalized spacial score (nSPS) is 22.3. The molecule has 0 radical (unpaired) electrons. The topological polar surface area (TPSA) is 57.8 Å². The zero-order valence-corrected chi connectivity index (χ0v) is 12.7. The van der Waals surface area contributed by atoms with Crippen LogP contribution in [0.5, 0.6) is 0 Å². The van der Waals surface area contributed by atoms with Gasteiger partial charge in [-0.05, 0) is 12.8 Å². The highest BCUT2D eigenvalue weighted by Crippen LogP contribution is 2.21. The third-order valence-corrected chi connectivity index (χ3v) is 5.02. The maximum absolute atomic E-state index is 6.19. The van der Waals surface area contributed by atoms with Crippen LogP contribution in [-0.4, -0.2) is 48.1 Å². The molecule has 1 aromatic heterocycles. The number of piperazine rings is 1. The van der Waals surface area contributed by atoms with E-state index in [1.807, 2.05) is 11.6 Å². The minimum Gasteiger partial charge on any atom is -0.370 e. The van der Waals surface area contributed by atoms with Crippen LogP contribution in [0.1, 0.15) is 32.1 Å². The maximum atomic E-state index is 6.19. The number of anilines is 1. The molecule has 110 valence electrons. The molecule has 2 fully saturated rings. The number of nitrogens with zero attached hydrogens (tertiary/aromatic N) is 4. The van der Waals surface area contributed by atoms with Crippen molar-refractivity contribution in [2.45, 2.75) is 38.1 Å². The Morgan fingerprint density at radius 1 is 1.20 bits per heavy atom. The van der Waals surface area contributed by atoms with E-state index in [1.54, 1.807) is 11.3 Å². The summed E-state index contributed by atoms with van der Waals surface area (Å²) in [6, 6.07) is 0.459. The Hall–Kier alpha value is -1.30. The largest absolute Gasteiger partial charge is 0.370 e. The van der Waals surface area contributed by atoms with Gasteiger partial charge in [-0.15, -0.1) is 11.3 Å². The molecule has 1 aliphatic carbocycles. The predicted octanol–water partition coefficient (Wildman–Crippen LogP) is 1.91. The highest BCUT2D eigenvalue weighted by Gasteiger charge is 2.21. The van der Waals surface area contributed by atoms with Gasteiger partial charge in [0.2, 0.25) is 0 Å². The number of rotatable bonds is 2. The number of hydrogen-bond acceptors (Lipinski definition) is 4. The highest BCUT2D eigenvalue weighted by atomic mass is 32.1. The summed E-state index contributed by atoms with van der Waals surface area (Å²) in [4.78, 5) is 13.7. The minimum absolute atomic E-state index is 0.459. The molecule has 0 unspecified atom stereocenters. The lowest BCUT2D eigenvalue weighted by atomic mass is 9.96. The van der Waals surface area contributed by atoms with Gasteiger partial charge in [0.15, 0.2) is 11.1 Å². The molecule has 0 bridgehead atoms. The monoisotopic (exact) mass is 293 g/mol. The van der Waals surface area contributed by atoms with Crippen LogP contribution >= 0.6 is 11.3 Å². The second kappa shape index (κ2) is 6.43. The zero-order valence-electron chi connectivity index (χ0n) is 11.9. The number of aliphatic imine (C=N–C) groups is 1. The van der Waals surface area contributed by atoms with Crippen molar-refractivity contribution in [3.05, 3.63) is 11.6 Å². The second-order valence-electron chi connectivity index (χ2n) is 5.57. The molecule has 0 atom stereocenters. The van der Waals surface area contributed by atoms with Crippen molar-refractivity contribution in [1.29, 1.82) is 0 Å². The zero-order chi connectivity index (χ0) is 13.8. The summed E-state index contributed by atoms with van der Waals surface area (Å²) in [5, 5.41) is 3.15. The third kappa shape index (κ3) is 3.23. The summed E-state index contributed by atoms with van der Waals surface area (Å²) in [5.74, 6) is 0.746. The van der Waals surface area contributed by atoms with E-state index in [0.29, 0.717) is 6.04 Å². The highest BCUT2D eigenvalue weighted by molar-refractivity contribution is 7.13. The first-order valence-corrected chi connectivity index (χ1v) is 8.43. The Labute approximate surface area is 124 Å². The van der Waals surface area contributed by atoms with Crippen molar-refractivity contribution in [2.75, 3.05) is 31.1 Å². The summed E-state index contributed by atoms with van der Waals surface area (Å²) < 4.78 is 0.